The van der Waals surface area contributed by atoms with Gasteiger partial charge >= 0.3 is 0 Å². The molecular weight excluding hydrogens is 134 g/mol. The molecule has 0 fully saturated rings. The summed E-state index contributed by atoms with van der Waals surface area (Å²) in [5.41, 5.74) is -1.37. The largest absolute Gasteiger partial charge is 0.502 e. The average Bonchev–Trinajstić information content (AvgIpc) is 1.98. The highest BCUT2D eigenvalue weighted by Crippen LogP contribution is 2.13. The van der Waals surface area contributed by atoms with E-state index in [1.54, 1.807) is 6.92 Å². The quantitative estimate of drug-likeness (QED) is 0.541. The van der Waals surface area contributed by atoms with E-state index in [1.807, 2.05) is 0 Å². The van der Waals surface area contributed by atoms with E-state index in [4.69, 9.17) is 5.11 Å². The van der Waals surface area contributed by atoms with Crippen LogP contribution in [0.25, 0.3) is 0 Å². The van der Waals surface area contributed by atoms with Crippen LogP contribution in [0.5, 0.6) is 5.75 Å². The van der Waals surface area contributed by atoms with Crippen molar-refractivity contribution in [3.05, 3.63) is 20.4 Å². The van der Waals surface area contributed by atoms with E-state index in [1.165, 1.54) is 0 Å². The zero-order valence-corrected chi connectivity index (χ0v) is 5.47. The summed E-state index contributed by atoms with van der Waals surface area (Å²) < 4.78 is 0. The molecule has 0 aliphatic heterocycles. The Morgan fingerprint density at radius 2 is 2.00 bits per heavy atom. The fourth-order valence-corrected chi connectivity index (χ4v) is 0.720. The Morgan fingerprint density at radius 1 is 1.40 bits per heavy atom. The molecule has 0 unspecified atom stereocenters. The molecule has 0 saturated heterocycles. The second kappa shape index (κ2) is 2.13. The fourth-order valence-electron chi connectivity index (χ4n) is 0.720. The second-order valence-electron chi connectivity index (χ2n) is 1.91. The number of rotatable bonds is 2. The molecule has 0 saturated carbocycles. The molecule has 4 nitrogen and oxygen atoms in total. The summed E-state index contributed by atoms with van der Waals surface area (Å²) in [5, 5.41) is 11.3. The van der Waals surface area contributed by atoms with E-state index in [2.05, 4.69) is 5.32 Å². The van der Waals surface area contributed by atoms with E-state index in [-0.39, 0.29) is 5.69 Å². The van der Waals surface area contributed by atoms with Gasteiger partial charge in [-0.05, 0) is 6.92 Å². The third-order valence-corrected chi connectivity index (χ3v) is 1.24. The lowest BCUT2D eigenvalue weighted by Gasteiger charge is -2.04. The Balaban J connectivity index is 2.99. The van der Waals surface area contributed by atoms with Crippen molar-refractivity contribution in [3.8, 4) is 5.75 Å². The van der Waals surface area contributed by atoms with Crippen LogP contribution >= 0.6 is 0 Å². The molecule has 0 bridgehead atoms. The Morgan fingerprint density at radius 3 is 2.40 bits per heavy atom. The van der Waals surface area contributed by atoms with Crippen molar-refractivity contribution in [2.45, 2.75) is 6.92 Å². The zero-order valence-electron chi connectivity index (χ0n) is 5.47. The topological polar surface area (TPSA) is 66.4 Å². The molecule has 0 aliphatic rings. The molecule has 1 rings (SSSR count). The maximum atomic E-state index is 10.5. The van der Waals surface area contributed by atoms with Gasteiger partial charge in [0.1, 0.15) is 5.69 Å². The predicted molar refractivity (Wildman–Crippen MR) is 37.2 cm³/mol. The molecule has 0 spiro atoms. The minimum Gasteiger partial charge on any atom is -0.502 e. The number of aromatic hydroxyl groups is 1. The van der Waals surface area contributed by atoms with Crippen molar-refractivity contribution < 1.29 is 5.11 Å². The van der Waals surface area contributed by atoms with Crippen LogP contribution in [-0.4, -0.2) is 11.7 Å². The molecule has 1 aromatic carbocycles. The van der Waals surface area contributed by atoms with Crippen LogP contribution in [0.15, 0.2) is 9.59 Å². The Labute approximate surface area is 56.8 Å². The smallest absolute Gasteiger partial charge is 0.271 e. The average molecular weight is 141 g/mol. The molecule has 0 radical (unpaired) electrons. The summed E-state index contributed by atoms with van der Waals surface area (Å²) in [7, 11) is 0. The van der Waals surface area contributed by atoms with E-state index in [0.717, 1.165) is 0 Å². The predicted octanol–water partition coefficient (Wildman–Crippen LogP) is -0.580. The molecule has 2 N–H and O–H groups in total. The molecule has 1 aromatic rings. The Kier molecular flexibility index (Phi) is 1.45. The lowest BCUT2D eigenvalue weighted by molar-refractivity contribution is 0.465. The summed E-state index contributed by atoms with van der Waals surface area (Å²) in [6.45, 7) is 2.30. The number of hydrogen-bond acceptors (Lipinski definition) is 4. The van der Waals surface area contributed by atoms with E-state index in [9.17, 15) is 9.59 Å². The van der Waals surface area contributed by atoms with Crippen LogP contribution in [-0.2, 0) is 0 Å². The summed E-state index contributed by atoms with van der Waals surface area (Å²) >= 11 is 0. The molecule has 0 aliphatic carbocycles. The van der Waals surface area contributed by atoms with Crippen LogP contribution in [0.2, 0.25) is 0 Å². The van der Waals surface area contributed by atoms with Gasteiger partial charge < -0.3 is 10.4 Å². The number of nitrogens with one attached hydrogen (secondary N) is 1. The lowest BCUT2D eigenvalue weighted by Crippen LogP contribution is -2.33. The van der Waals surface area contributed by atoms with Crippen LogP contribution in [0, 0.1) is 0 Å². The molecule has 0 aromatic heterocycles. The van der Waals surface area contributed by atoms with Gasteiger partial charge in [0.2, 0.25) is 0 Å². The maximum absolute atomic E-state index is 10.5. The fraction of sp³-hybridized carbons (Fsp3) is 0.333. The Bertz CT molecular complexity index is 308. The highest BCUT2D eigenvalue weighted by Gasteiger charge is 2.18. The van der Waals surface area contributed by atoms with Crippen molar-refractivity contribution in [1.82, 2.24) is 0 Å². The van der Waals surface area contributed by atoms with E-state index >= 15 is 0 Å². The first-order valence-electron chi connectivity index (χ1n) is 2.94. The molecule has 54 valence electrons. The van der Waals surface area contributed by atoms with Crippen LogP contribution in [0.1, 0.15) is 6.92 Å². The normalized spacial score (nSPS) is 10.1. The van der Waals surface area contributed by atoms with Crippen LogP contribution in [0.4, 0.5) is 5.69 Å². The minimum atomic E-state index is -0.795. The van der Waals surface area contributed by atoms with Crippen LogP contribution in [0.3, 0.4) is 0 Å². The van der Waals surface area contributed by atoms with Gasteiger partial charge in [-0.1, -0.05) is 0 Å². The molecule has 0 amide bonds. The van der Waals surface area contributed by atoms with Crippen molar-refractivity contribution in [1.29, 1.82) is 0 Å². The first-order valence-corrected chi connectivity index (χ1v) is 2.94. The third kappa shape index (κ3) is 0.689. The highest BCUT2D eigenvalue weighted by molar-refractivity contribution is 5.60. The van der Waals surface area contributed by atoms with Crippen molar-refractivity contribution in [2.75, 3.05) is 11.9 Å². The third-order valence-electron chi connectivity index (χ3n) is 1.24. The van der Waals surface area contributed by atoms with Crippen molar-refractivity contribution in [2.24, 2.45) is 0 Å². The molecule has 0 atom stereocenters. The standard InChI is InChI=1S/C6H7NO3/c1-2-7-3-4(8)6(10)5(3)9/h7-8H,2H2,1H3. The van der Waals surface area contributed by atoms with Gasteiger partial charge in [0, 0.05) is 6.54 Å². The summed E-state index contributed by atoms with van der Waals surface area (Å²) in [6.07, 6.45) is 0. The number of anilines is 1. The minimum absolute atomic E-state index is 0.0486. The maximum Gasteiger partial charge on any atom is 0.271 e. The monoisotopic (exact) mass is 141 g/mol. The Hall–Kier alpha value is -1.32. The van der Waals surface area contributed by atoms with Gasteiger partial charge in [-0.3, -0.25) is 9.59 Å². The lowest BCUT2D eigenvalue weighted by atomic mass is 10.2. The first-order chi connectivity index (χ1) is 4.68. The SMILES string of the molecule is CCNc1c(O)c(=O)c1=O. The van der Waals surface area contributed by atoms with Gasteiger partial charge in [0.15, 0.2) is 5.75 Å². The summed E-state index contributed by atoms with van der Waals surface area (Å²) in [6, 6.07) is 0. The van der Waals surface area contributed by atoms with E-state index in [0.29, 0.717) is 6.54 Å². The summed E-state index contributed by atoms with van der Waals surface area (Å²) in [5.74, 6) is -0.438. The second-order valence-corrected chi connectivity index (χ2v) is 1.91. The van der Waals surface area contributed by atoms with Gasteiger partial charge in [-0.15, -0.1) is 0 Å². The molecule has 0 heterocycles. The highest BCUT2D eigenvalue weighted by atomic mass is 16.3. The van der Waals surface area contributed by atoms with Gasteiger partial charge in [0.05, 0.1) is 0 Å². The van der Waals surface area contributed by atoms with Gasteiger partial charge in [-0.2, -0.15) is 0 Å². The molecular formula is C6H7NO3. The van der Waals surface area contributed by atoms with Crippen molar-refractivity contribution >= 4 is 5.69 Å². The first kappa shape index (κ1) is 6.80. The summed E-state index contributed by atoms with van der Waals surface area (Å²) in [4.78, 5) is 20.9. The van der Waals surface area contributed by atoms with Gasteiger partial charge in [0.25, 0.3) is 10.9 Å². The number of hydrogen-bond donors (Lipinski definition) is 2. The molecule has 4 heteroatoms. The van der Waals surface area contributed by atoms with Gasteiger partial charge in [-0.25, -0.2) is 0 Å². The van der Waals surface area contributed by atoms with Crippen LogP contribution < -0.4 is 16.2 Å². The molecule has 10 heavy (non-hydrogen) atoms. The van der Waals surface area contributed by atoms with E-state index < -0.39 is 16.6 Å². The van der Waals surface area contributed by atoms with Crippen molar-refractivity contribution in [3.63, 3.8) is 0 Å². The zero-order chi connectivity index (χ0) is 7.72.